The van der Waals surface area contributed by atoms with Crippen molar-refractivity contribution in [3.05, 3.63) is 40.2 Å². The van der Waals surface area contributed by atoms with E-state index in [1.807, 2.05) is 31.0 Å². The molecule has 0 spiro atoms. The van der Waals surface area contributed by atoms with Crippen molar-refractivity contribution in [2.24, 2.45) is 0 Å². The van der Waals surface area contributed by atoms with E-state index < -0.39 is 0 Å². The van der Waals surface area contributed by atoms with E-state index in [1.54, 1.807) is 17.6 Å². The normalized spacial score (nSPS) is 15.3. The molecule has 1 aliphatic carbocycles. The van der Waals surface area contributed by atoms with Crippen LogP contribution < -0.4 is 5.32 Å². The minimum Gasteiger partial charge on any atom is -0.468 e. The first-order valence-electron chi connectivity index (χ1n) is 8.68. The summed E-state index contributed by atoms with van der Waals surface area (Å²) in [7, 11) is 1.89. The van der Waals surface area contributed by atoms with Crippen LogP contribution in [0.15, 0.2) is 22.8 Å². The van der Waals surface area contributed by atoms with Crippen LogP contribution in [-0.4, -0.2) is 23.9 Å². The number of fused-ring (bicyclic) bond motifs is 1. The van der Waals surface area contributed by atoms with Gasteiger partial charge in [-0.25, -0.2) is 0 Å². The number of carbonyl (C=O) groups excluding carboxylic acids is 1. The summed E-state index contributed by atoms with van der Waals surface area (Å²) in [4.78, 5) is 15.8. The van der Waals surface area contributed by atoms with E-state index in [9.17, 15) is 10.1 Å². The number of hydrogen-bond donors (Lipinski definition) is 1. The van der Waals surface area contributed by atoms with E-state index >= 15 is 0 Å². The van der Waals surface area contributed by atoms with Crippen LogP contribution in [-0.2, 0) is 24.2 Å². The number of amides is 1. The third-order valence-corrected chi connectivity index (χ3v) is 6.00. The molecular formula is C19H23N3O2S. The molecule has 1 atom stereocenters. The summed E-state index contributed by atoms with van der Waals surface area (Å²) < 4.78 is 5.34. The first-order valence-corrected chi connectivity index (χ1v) is 9.50. The lowest BCUT2D eigenvalue weighted by molar-refractivity contribution is -0.120. The summed E-state index contributed by atoms with van der Waals surface area (Å²) in [6, 6.07) is 5.72. The lowest BCUT2D eigenvalue weighted by Crippen LogP contribution is -2.39. The Kier molecular flexibility index (Phi) is 5.57. The number of nitriles is 1. The zero-order valence-electron chi connectivity index (χ0n) is 14.7. The lowest BCUT2D eigenvalue weighted by Gasteiger charge is -2.22. The lowest BCUT2D eigenvalue weighted by atomic mass is 10.1. The monoisotopic (exact) mass is 357 g/mol. The largest absolute Gasteiger partial charge is 0.468 e. The van der Waals surface area contributed by atoms with E-state index in [4.69, 9.17) is 4.42 Å². The SMILES string of the molecule is CC(C(=O)Nc1sc2c(c1C#N)CCCCC2)N(C)Cc1ccco1. The molecule has 1 unspecified atom stereocenters. The summed E-state index contributed by atoms with van der Waals surface area (Å²) in [5.41, 5.74) is 1.81. The maximum atomic E-state index is 12.6. The average Bonchev–Trinajstić information content (AvgIpc) is 3.15. The first-order chi connectivity index (χ1) is 12.1. The molecule has 0 bridgehead atoms. The Balaban J connectivity index is 1.71. The van der Waals surface area contributed by atoms with E-state index in [0.717, 1.165) is 37.0 Å². The number of furan rings is 1. The molecule has 1 amide bonds. The molecule has 0 aromatic carbocycles. The molecule has 6 heteroatoms. The van der Waals surface area contributed by atoms with Crippen molar-refractivity contribution in [1.82, 2.24) is 4.90 Å². The van der Waals surface area contributed by atoms with Gasteiger partial charge in [0, 0.05) is 4.88 Å². The molecule has 0 fully saturated rings. The Morgan fingerprint density at radius 3 is 2.96 bits per heavy atom. The summed E-state index contributed by atoms with van der Waals surface area (Å²) in [5, 5.41) is 13.3. The van der Waals surface area contributed by atoms with Crippen molar-refractivity contribution in [3.8, 4) is 6.07 Å². The highest BCUT2D eigenvalue weighted by Gasteiger charge is 2.24. The Morgan fingerprint density at radius 1 is 1.44 bits per heavy atom. The van der Waals surface area contributed by atoms with Gasteiger partial charge in [-0.05, 0) is 57.4 Å². The van der Waals surface area contributed by atoms with Crippen LogP contribution >= 0.6 is 11.3 Å². The fraction of sp³-hybridized carbons (Fsp3) is 0.474. The molecule has 2 aromatic heterocycles. The Bertz CT molecular complexity index is 773. The zero-order chi connectivity index (χ0) is 17.8. The van der Waals surface area contributed by atoms with E-state index in [2.05, 4.69) is 11.4 Å². The zero-order valence-corrected chi connectivity index (χ0v) is 15.5. The number of thiophene rings is 1. The van der Waals surface area contributed by atoms with Gasteiger partial charge in [0.25, 0.3) is 0 Å². The van der Waals surface area contributed by atoms with Gasteiger partial charge in [-0.3, -0.25) is 9.69 Å². The van der Waals surface area contributed by atoms with Gasteiger partial charge in [-0.2, -0.15) is 5.26 Å². The number of likely N-dealkylation sites (N-methyl/N-ethyl adjacent to an activating group) is 1. The molecule has 2 heterocycles. The Hall–Kier alpha value is -2.10. The van der Waals surface area contributed by atoms with Crippen LogP contribution in [0.3, 0.4) is 0 Å². The van der Waals surface area contributed by atoms with Gasteiger partial charge >= 0.3 is 0 Å². The number of nitrogens with zero attached hydrogens (tertiary/aromatic N) is 2. The number of hydrogen-bond acceptors (Lipinski definition) is 5. The van der Waals surface area contributed by atoms with E-state index in [1.165, 1.54) is 11.3 Å². The molecule has 1 aliphatic rings. The summed E-state index contributed by atoms with van der Waals surface area (Å²) in [5.74, 6) is 0.727. The molecule has 25 heavy (non-hydrogen) atoms. The van der Waals surface area contributed by atoms with Crippen molar-refractivity contribution >= 4 is 22.2 Å². The highest BCUT2D eigenvalue weighted by Crippen LogP contribution is 2.37. The molecule has 0 saturated heterocycles. The number of rotatable bonds is 5. The van der Waals surface area contributed by atoms with Gasteiger partial charge < -0.3 is 9.73 Å². The van der Waals surface area contributed by atoms with Crippen LogP contribution in [0.1, 0.15) is 48.0 Å². The summed E-state index contributed by atoms with van der Waals surface area (Å²) in [6.45, 7) is 2.43. The molecule has 0 radical (unpaired) electrons. The molecule has 0 saturated carbocycles. The van der Waals surface area contributed by atoms with Crippen LogP contribution in [0, 0.1) is 11.3 Å². The van der Waals surface area contributed by atoms with Crippen molar-refractivity contribution in [3.63, 3.8) is 0 Å². The minimum atomic E-state index is -0.321. The van der Waals surface area contributed by atoms with Crippen molar-refractivity contribution in [1.29, 1.82) is 5.26 Å². The fourth-order valence-electron chi connectivity index (χ4n) is 3.15. The number of carbonyl (C=O) groups is 1. The van der Waals surface area contributed by atoms with E-state index in [-0.39, 0.29) is 11.9 Å². The summed E-state index contributed by atoms with van der Waals surface area (Å²) >= 11 is 1.57. The van der Waals surface area contributed by atoms with Gasteiger partial charge in [0.15, 0.2) is 0 Å². The molecule has 5 nitrogen and oxygen atoms in total. The van der Waals surface area contributed by atoms with Crippen LogP contribution in [0.4, 0.5) is 5.00 Å². The smallest absolute Gasteiger partial charge is 0.242 e. The fourth-order valence-corrected chi connectivity index (χ4v) is 4.39. The van der Waals surface area contributed by atoms with E-state index in [0.29, 0.717) is 17.1 Å². The highest BCUT2D eigenvalue weighted by molar-refractivity contribution is 7.16. The number of aryl methyl sites for hydroxylation is 1. The topological polar surface area (TPSA) is 69.3 Å². The third kappa shape index (κ3) is 3.94. The van der Waals surface area contributed by atoms with Crippen LogP contribution in [0.5, 0.6) is 0 Å². The van der Waals surface area contributed by atoms with Crippen molar-refractivity contribution in [2.75, 3.05) is 12.4 Å². The molecule has 1 N–H and O–H groups in total. The second-order valence-corrected chi connectivity index (χ2v) is 7.65. The standard InChI is InChI=1S/C19H23N3O2S/c1-13(22(2)12-14-7-6-10-24-14)18(23)21-19-16(11-20)15-8-4-3-5-9-17(15)25-19/h6-7,10,13H,3-5,8-9,12H2,1-2H3,(H,21,23). The predicted octanol–water partition coefficient (Wildman–Crippen LogP) is 3.94. The maximum Gasteiger partial charge on any atom is 0.242 e. The first kappa shape index (κ1) is 17.7. The second kappa shape index (κ2) is 7.85. The predicted molar refractivity (Wildman–Crippen MR) is 98.6 cm³/mol. The number of nitrogens with one attached hydrogen (secondary N) is 1. The third-order valence-electron chi connectivity index (χ3n) is 4.80. The van der Waals surface area contributed by atoms with Crippen molar-refractivity contribution in [2.45, 2.75) is 51.6 Å². The van der Waals surface area contributed by atoms with Crippen LogP contribution in [0.25, 0.3) is 0 Å². The molecular weight excluding hydrogens is 334 g/mol. The number of anilines is 1. The van der Waals surface area contributed by atoms with Gasteiger partial charge in [-0.15, -0.1) is 11.3 Å². The minimum absolute atomic E-state index is 0.0954. The van der Waals surface area contributed by atoms with Gasteiger partial charge in [-0.1, -0.05) is 6.42 Å². The van der Waals surface area contributed by atoms with Crippen molar-refractivity contribution < 1.29 is 9.21 Å². The van der Waals surface area contributed by atoms with Gasteiger partial charge in [0.05, 0.1) is 24.4 Å². The van der Waals surface area contributed by atoms with Crippen LogP contribution in [0.2, 0.25) is 0 Å². The average molecular weight is 357 g/mol. The maximum absolute atomic E-state index is 12.6. The Labute approximate surface area is 152 Å². The second-order valence-electron chi connectivity index (χ2n) is 6.54. The highest BCUT2D eigenvalue weighted by atomic mass is 32.1. The molecule has 3 rings (SSSR count). The van der Waals surface area contributed by atoms with Gasteiger partial charge in [0.1, 0.15) is 16.8 Å². The molecule has 0 aliphatic heterocycles. The molecule has 2 aromatic rings. The summed E-state index contributed by atoms with van der Waals surface area (Å²) in [6.07, 6.45) is 7.08. The molecule has 132 valence electrons. The Morgan fingerprint density at radius 2 is 2.24 bits per heavy atom. The quantitative estimate of drug-likeness (QED) is 0.823. The van der Waals surface area contributed by atoms with Gasteiger partial charge in [0.2, 0.25) is 5.91 Å².